The number of hydrogen-bond donors (Lipinski definition) is 2. The Balaban J connectivity index is 6.30. The molecule has 12 heteroatoms. The molecule has 0 aromatic carbocycles. The summed E-state index contributed by atoms with van der Waals surface area (Å²) in [6.45, 7) is 2.69. The van der Waals surface area contributed by atoms with Gasteiger partial charge in [0.1, 0.15) is 61.0 Å². The fourth-order valence-corrected chi connectivity index (χ4v) is 3.01. The Bertz CT molecular complexity index is 729. The molecule has 0 aliphatic heterocycles. The van der Waals surface area contributed by atoms with Crippen LogP contribution in [-0.4, -0.2) is 70.4 Å². The Kier molecular flexibility index (Phi) is 11.8. The van der Waals surface area contributed by atoms with Gasteiger partial charge in [-0.05, 0) is 40.5 Å². The molecule has 0 fully saturated rings. The van der Waals surface area contributed by atoms with Crippen molar-refractivity contribution in [2.45, 2.75) is 53.4 Å². The van der Waals surface area contributed by atoms with Crippen LogP contribution < -0.4 is 0 Å². The predicted octanol–water partition coefficient (Wildman–Crippen LogP) is 0.377. The van der Waals surface area contributed by atoms with Gasteiger partial charge in [0.15, 0.2) is 0 Å². The van der Waals surface area contributed by atoms with E-state index in [0.717, 1.165) is 27.7 Å². The molecule has 0 saturated heterocycles. The zero-order valence-electron chi connectivity index (χ0n) is 18.9. The largest absolute Gasteiger partial charge is 0.481 e. The topological polar surface area (TPSA) is 195 Å². The van der Waals surface area contributed by atoms with Crippen molar-refractivity contribution < 1.29 is 58.0 Å². The zero-order chi connectivity index (χ0) is 25.9. The van der Waals surface area contributed by atoms with Crippen molar-refractivity contribution in [3.05, 3.63) is 0 Å². The number of carboxylic acid groups (broad SMARTS) is 2. The van der Waals surface area contributed by atoms with E-state index in [4.69, 9.17) is 9.47 Å². The van der Waals surface area contributed by atoms with Gasteiger partial charge in [-0.25, -0.2) is 0 Å². The molecular formula is C21H28O12. The van der Waals surface area contributed by atoms with E-state index in [9.17, 15) is 48.6 Å². The van der Waals surface area contributed by atoms with Crippen molar-refractivity contribution in [3.63, 3.8) is 0 Å². The Labute approximate surface area is 189 Å². The minimum atomic E-state index is -1.80. The second-order valence-electron chi connectivity index (χ2n) is 7.99. The molecule has 0 rings (SSSR count). The van der Waals surface area contributed by atoms with E-state index in [2.05, 4.69) is 0 Å². The number of carbonyl (C=O) groups is 8. The molecular weight excluding hydrogens is 444 g/mol. The molecule has 0 aromatic heterocycles. The summed E-state index contributed by atoms with van der Waals surface area (Å²) in [4.78, 5) is 93.3. The van der Waals surface area contributed by atoms with Crippen molar-refractivity contribution in [1.82, 2.24) is 0 Å². The van der Waals surface area contributed by atoms with Gasteiger partial charge in [-0.2, -0.15) is 0 Å². The third-order valence-electron chi connectivity index (χ3n) is 4.72. The summed E-state index contributed by atoms with van der Waals surface area (Å²) in [6, 6.07) is 0. The van der Waals surface area contributed by atoms with Gasteiger partial charge in [0.2, 0.25) is 0 Å². The third-order valence-corrected chi connectivity index (χ3v) is 4.72. The van der Waals surface area contributed by atoms with Gasteiger partial charge in [-0.1, -0.05) is 0 Å². The molecule has 12 nitrogen and oxygen atoms in total. The molecule has 0 radical (unpaired) electrons. The van der Waals surface area contributed by atoms with Crippen LogP contribution in [0.4, 0.5) is 0 Å². The second-order valence-corrected chi connectivity index (χ2v) is 7.99. The molecule has 0 saturated carbocycles. The highest BCUT2D eigenvalue weighted by Gasteiger charge is 2.44. The average Bonchev–Trinajstić information content (AvgIpc) is 2.64. The first-order valence-corrected chi connectivity index (χ1v) is 9.87. The van der Waals surface area contributed by atoms with Gasteiger partial charge < -0.3 is 19.7 Å². The van der Waals surface area contributed by atoms with Crippen LogP contribution in [0.3, 0.4) is 0 Å². The lowest BCUT2D eigenvalue weighted by atomic mass is 9.72. The lowest BCUT2D eigenvalue weighted by Gasteiger charge is -2.35. The Morgan fingerprint density at radius 3 is 1.15 bits per heavy atom. The van der Waals surface area contributed by atoms with E-state index in [1.54, 1.807) is 0 Å². The van der Waals surface area contributed by atoms with Gasteiger partial charge in [0.25, 0.3) is 0 Å². The SMILES string of the molecule is CC(=O)CC(=O)OCC(COC(=O)CC(C)=O)(CC(C(C)=O)C(=O)O)CC(C(C)=O)C(=O)O. The predicted molar refractivity (Wildman–Crippen MR) is 108 cm³/mol. The Morgan fingerprint density at radius 1 is 0.636 bits per heavy atom. The van der Waals surface area contributed by atoms with Gasteiger partial charge >= 0.3 is 23.9 Å². The van der Waals surface area contributed by atoms with E-state index >= 15 is 0 Å². The quantitative estimate of drug-likeness (QED) is 0.232. The van der Waals surface area contributed by atoms with Crippen LogP contribution in [0.2, 0.25) is 0 Å². The van der Waals surface area contributed by atoms with Crippen LogP contribution in [0.5, 0.6) is 0 Å². The molecule has 0 aliphatic carbocycles. The molecule has 0 bridgehead atoms. The first-order chi connectivity index (χ1) is 15.1. The smallest absolute Gasteiger partial charge is 0.314 e. The summed E-state index contributed by atoms with van der Waals surface area (Å²) in [5.74, 6) is -11.3. The van der Waals surface area contributed by atoms with E-state index in [-0.39, 0.29) is 0 Å². The highest BCUT2D eigenvalue weighted by Crippen LogP contribution is 2.36. The molecule has 0 amide bonds. The summed E-state index contributed by atoms with van der Waals surface area (Å²) in [6.07, 6.45) is -2.56. The first kappa shape index (κ1) is 29.6. The molecule has 2 N–H and O–H groups in total. The van der Waals surface area contributed by atoms with Crippen LogP contribution in [0.25, 0.3) is 0 Å². The highest BCUT2D eigenvalue weighted by molar-refractivity contribution is 5.98. The monoisotopic (exact) mass is 472 g/mol. The molecule has 0 spiro atoms. The molecule has 0 heterocycles. The minimum absolute atomic E-state index is 0.544. The first-order valence-electron chi connectivity index (χ1n) is 9.87. The number of aliphatic carboxylic acids is 2. The number of Topliss-reactive ketones (excluding diaryl/α,β-unsaturated/α-hetero) is 4. The van der Waals surface area contributed by atoms with Crippen molar-refractivity contribution in [2.75, 3.05) is 13.2 Å². The number of rotatable bonds is 16. The van der Waals surface area contributed by atoms with Crippen LogP contribution in [0.1, 0.15) is 53.4 Å². The lowest BCUT2D eigenvalue weighted by Crippen LogP contribution is -2.43. The third kappa shape index (κ3) is 11.1. The van der Waals surface area contributed by atoms with Gasteiger partial charge in [0, 0.05) is 5.41 Å². The second kappa shape index (κ2) is 13.2. The number of ketones is 4. The van der Waals surface area contributed by atoms with Gasteiger partial charge in [-0.15, -0.1) is 0 Å². The summed E-state index contributed by atoms with van der Waals surface area (Å²) < 4.78 is 10.1. The van der Waals surface area contributed by atoms with Crippen molar-refractivity contribution in [3.8, 4) is 0 Å². The number of carboxylic acids is 2. The fourth-order valence-electron chi connectivity index (χ4n) is 3.01. The molecule has 0 aliphatic rings. The zero-order valence-corrected chi connectivity index (χ0v) is 18.9. The Morgan fingerprint density at radius 2 is 0.939 bits per heavy atom. The molecule has 2 unspecified atom stereocenters. The Hall–Kier alpha value is -3.44. The van der Waals surface area contributed by atoms with Gasteiger partial charge in [-0.3, -0.25) is 38.4 Å². The van der Waals surface area contributed by atoms with Crippen LogP contribution in [-0.2, 0) is 47.8 Å². The molecule has 2 atom stereocenters. The normalized spacial score (nSPS) is 12.7. The van der Waals surface area contributed by atoms with E-state index < -0.39 is 103 Å². The maximum Gasteiger partial charge on any atom is 0.314 e. The minimum Gasteiger partial charge on any atom is -0.481 e. The molecule has 184 valence electrons. The summed E-state index contributed by atoms with van der Waals surface area (Å²) in [7, 11) is 0. The van der Waals surface area contributed by atoms with Gasteiger partial charge in [0.05, 0.1) is 0 Å². The maximum atomic E-state index is 11.9. The number of esters is 2. The van der Waals surface area contributed by atoms with E-state index in [0.29, 0.717) is 0 Å². The standard InChI is InChI=1S/C21H28O12/c1-11(22)5-17(26)32-9-21(7-15(13(3)24)19(28)29,8-16(14(4)25)20(30)31)10-33-18(27)6-12(2)23/h15-16H,5-10H2,1-4H3,(H,28,29)(H,30,31). The van der Waals surface area contributed by atoms with Crippen LogP contribution >= 0.6 is 0 Å². The van der Waals surface area contributed by atoms with Crippen molar-refractivity contribution >= 4 is 47.0 Å². The van der Waals surface area contributed by atoms with E-state index in [1.165, 1.54) is 0 Å². The highest BCUT2D eigenvalue weighted by atomic mass is 16.5. The summed E-state index contributed by atoms with van der Waals surface area (Å²) in [5.41, 5.74) is -1.80. The summed E-state index contributed by atoms with van der Waals surface area (Å²) in [5, 5.41) is 18.9. The maximum absolute atomic E-state index is 11.9. The number of hydrogen-bond acceptors (Lipinski definition) is 10. The molecule has 0 aromatic rings. The number of carbonyl (C=O) groups excluding carboxylic acids is 6. The van der Waals surface area contributed by atoms with Crippen molar-refractivity contribution in [1.29, 1.82) is 0 Å². The number of ether oxygens (including phenoxy) is 2. The molecule has 33 heavy (non-hydrogen) atoms. The van der Waals surface area contributed by atoms with Crippen LogP contribution in [0.15, 0.2) is 0 Å². The van der Waals surface area contributed by atoms with Crippen molar-refractivity contribution in [2.24, 2.45) is 17.3 Å². The van der Waals surface area contributed by atoms with Crippen LogP contribution in [0, 0.1) is 17.3 Å². The average molecular weight is 472 g/mol. The summed E-state index contributed by atoms with van der Waals surface area (Å²) >= 11 is 0. The van der Waals surface area contributed by atoms with E-state index in [1.807, 2.05) is 0 Å². The lowest BCUT2D eigenvalue weighted by molar-refractivity contribution is -0.159. The fraction of sp³-hybridized carbons (Fsp3) is 0.619.